The Kier molecular flexibility index (Phi) is 8.46. The second kappa shape index (κ2) is 9.26. The molecule has 0 fully saturated rings. The summed E-state index contributed by atoms with van der Waals surface area (Å²) in [5, 5.41) is 9.05. The van der Waals surface area contributed by atoms with Gasteiger partial charge in [0.2, 0.25) is 5.91 Å². The van der Waals surface area contributed by atoms with Gasteiger partial charge in [-0.15, -0.1) is 0 Å². The predicted octanol–water partition coefficient (Wildman–Crippen LogP) is -0.0883. The molecule has 0 aromatic rings. The van der Waals surface area contributed by atoms with Gasteiger partial charge in [-0.05, 0) is 26.0 Å². The van der Waals surface area contributed by atoms with Crippen LogP contribution in [0.1, 0.15) is 6.42 Å². The molecule has 15 heavy (non-hydrogen) atoms. The van der Waals surface area contributed by atoms with Gasteiger partial charge in [-0.2, -0.15) is 0 Å². The van der Waals surface area contributed by atoms with Crippen LogP contribution >= 0.6 is 0 Å². The van der Waals surface area contributed by atoms with E-state index in [9.17, 15) is 4.79 Å². The lowest BCUT2D eigenvalue weighted by Crippen LogP contribution is -2.39. The van der Waals surface area contributed by atoms with Crippen molar-refractivity contribution in [1.29, 1.82) is 0 Å². The van der Waals surface area contributed by atoms with E-state index >= 15 is 0 Å². The Hall–Kier alpha value is -1.30. The minimum Gasteiger partial charge on any atom is -0.355 e. The van der Waals surface area contributed by atoms with Gasteiger partial charge in [-0.3, -0.25) is 9.69 Å². The largest absolute Gasteiger partial charge is 0.355 e. The van der Waals surface area contributed by atoms with Crippen LogP contribution in [0.2, 0.25) is 0 Å². The van der Waals surface area contributed by atoms with Crippen LogP contribution in [0.25, 0.3) is 10.4 Å². The van der Waals surface area contributed by atoms with Crippen LogP contribution in [0, 0.1) is 0 Å². The molecular formula is C8H18N6O. The zero-order valence-corrected chi connectivity index (χ0v) is 9.23. The first kappa shape index (κ1) is 13.7. The molecule has 0 saturated heterocycles. The van der Waals surface area contributed by atoms with E-state index in [1.807, 2.05) is 19.0 Å². The van der Waals surface area contributed by atoms with E-state index in [0.29, 0.717) is 32.7 Å². The van der Waals surface area contributed by atoms with Crippen molar-refractivity contribution in [3.05, 3.63) is 10.4 Å². The van der Waals surface area contributed by atoms with E-state index < -0.39 is 0 Å². The van der Waals surface area contributed by atoms with E-state index in [1.165, 1.54) is 0 Å². The summed E-state index contributed by atoms with van der Waals surface area (Å²) in [6.45, 7) is 2.00. The molecule has 0 heterocycles. The molecule has 0 atom stereocenters. The van der Waals surface area contributed by atoms with E-state index in [2.05, 4.69) is 20.7 Å². The van der Waals surface area contributed by atoms with Crippen LogP contribution in [-0.4, -0.2) is 51.2 Å². The molecule has 0 spiro atoms. The van der Waals surface area contributed by atoms with Gasteiger partial charge in [0, 0.05) is 24.7 Å². The molecular weight excluding hydrogens is 196 g/mol. The summed E-state index contributed by atoms with van der Waals surface area (Å²) < 4.78 is 0. The molecule has 1 amide bonds. The van der Waals surface area contributed by atoms with Crippen molar-refractivity contribution >= 4 is 5.91 Å². The molecule has 0 aliphatic heterocycles. The fourth-order valence-corrected chi connectivity index (χ4v) is 1.05. The normalized spacial score (nSPS) is 9.80. The van der Waals surface area contributed by atoms with Gasteiger partial charge < -0.3 is 10.6 Å². The zero-order chi connectivity index (χ0) is 11.5. The van der Waals surface area contributed by atoms with Gasteiger partial charge in [0.05, 0.1) is 6.54 Å². The summed E-state index contributed by atoms with van der Waals surface area (Å²) in [5.74, 6) is -0.0197. The molecule has 0 aromatic heterocycles. The SMILES string of the molecule is CNCN(C)CC(=O)NCCCN=[N+]=[N-]. The maximum atomic E-state index is 11.3. The number of likely N-dealkylation sites (N-methyl/N-ethyl adjacent to an activating group) is 1. The number of nitrogens with one attached hydrogen (secondary N) is 2. The Balaban J connectivity index is 3.44. The fraction of sp³-hybridized carbons (Fsp3) is 0.875. The number of azide groups is 1. The van der Waals surface area contributed by atoms with Crippen molar-refractivity contribution in [2.75, 3.05) is 40.4 Å². The van der Waals surface area contributed by atoms with Gasteiger partial charge in [0.1, 0.15) is 0 Å². The summed E-state index contributed by atoms with van der Waals surface area (Å²) in [4.78, 5) is 15.8. The summed E-state index contributed by atoms with van der Waals surface area (Å²) in [7, 11) is 3.68. The first-order valence-electron chi connectivity index (χ1n) is 4.81. The summed E-state index contributed by atoms with van der Waals surface area (Å²) >= 11 is 0. The number of hydrogen-bond acceptors (Lipinski definition) is 4. The first-order valence-corrected chi connectivity index (χ1v) is 4.81. The molecule has 0 bridgehead atoms. The average molecular weight is 214 g/mol. The van der Waals surface area contributed by atoms with Gasteiger partial charge in [-0.1, -0.05) is 5.11 Å². The van der Waals surface area contributed by atoms with Crippen molar-refractivity contribution in [1.82, 2.24) is 15.5 Å². The Morgan fingerprint density at radius 2 is 2.33 bits per heavy atom. The van der Waals surface area contributed by atoms with Crippen molar-refractivity contribution in [3.63, 3.8) is 0 Å². The highest BCUT2D eigenvalue weighted by Crippen LogP contribution is 1.82. The topological polar surface area (TPSA) is 93.1 Å². The Morgan fingerprint density at radius 3 is 2.93 bits per heavy atom. The molecule has 0 radical (unpaired) electrons. The van der Waals surface area contributed by atoms with Gasteiger partial charge in [0.25, 0.3) is 0 Å². The third-order valence-corrected chi connectivity index (χ3v) is 1.66. The lowest BCUT2D eigenvalue weighted by atomic mass is 10.4. The maximum Gasteiger partial charge on any atom is 0.234 e. The molecule has 86 valence electrons. The van der Waals surface area contributed by atoms with Crippen molar-refractivity contribution < 1.29 is 4.79 Å². The van der Waals surface area contributed by atoms with Crippen LogP contribution in [-0.2, 0) is 4.79 Å². The molecule has 7 nitrogen and oxygen atoms in total. The van der Waals surface area contributed by atoms with Crippen LogP contribution in [0.15, 0.2) is 5.11 Å². The molecule has 0 aliphatic rings. The minimum atomic E-state index is -0.0197. The zero-order valence-electron chi connectivity index (χ0n) is 9.23. The van der Waals surface area contributed by atoms with Gasteiger partial charge >= 0.3 is 0 Å². The summed E-state index contributed by atoms with van der Waals surface area (Å²) in [6, 6.07) is 0. The quantitative estimate of drug-likeness (QED) is 0.194. The third kappa shape index (κ3) is 9.01. The number of carbonyl (C=O) groups is 1. The smallest absolute Gasteiger partial charge is 0.234 e. The number of rotatable bonds is 8. The van der Waals surface area contributed by atoms with E-state index in [1.54, 1.807) is 0 Å². The monoisotopic (exact) mass is 214 g/mol. The van der Waals surface area contributed by atoms with Crippen molar-refractivity contribution in [2.45, 2.75) is 6.42 Å². The number of amides is 1. The van der Waals surface area contributed by atoms with E-state index in [0.717, 1.165) is 0 Å². The Morgan fingerprint density at radius 1 is 1.60 bits per heavy atom. The molecule has 7 heteroatoms. The minimum absolute atomic E-state index is 0.0197. The molecule has 0 aliphatic carbocycles. The first-order chi connectivity index (χ1) is 7.20. The van der Waals surface area contributed by atoms with Crippen LogP contribution in [0.4, 0.5) is 0 Å². The molecule has 0 rings (SSSR count). The predicted molar refractivity (Wildman–Crippen MR) is 58.2 cm³/mol. The molecule has 0 saturated carbocycles. The second-order valence-electron chi connectivity index (χ2n) is 3.18. The maximum absolute atomic E-state index is 11.3. The van der Waals surface area contributed by atoms with E-state index in [4.69, 9.17) is 5.53 Å². The number of carbonyl (C=O) groups excluding carboxylic acids is 1. The Bertz CT molecular complexity index is 225. The van der Waals surface area contributed by atoms with Crippen LogP contribution < -0.4 is 10.6 Å². The second-order valence-corrected chi connectivity index (χ2v) is 3.18. The average Bonchev–Trinajstić information content (AvgIpc) is 2.17. The van der Waals surface area contributed by atoms with Crippen LogP contribution in [0.3, 0.4) is 0 Å². The molecule has 2 N–H and O–H groups in total. The number of hydrogen-bond donors (Lipinski definition) is 2. The van der Waals surface area contributed by atoms with Crippen molar-refractivity contribution in [3.8, 4) is 0 Å². The lowest BCUT2D eigenvalue weighted by molar-refractivity contribution is -0.122. The van der Waals surface area contributed by atoms with E-state index in [-0.39, 0.29) is 5.91 Å². The van der Waals surface area contributed by atoms with Gasteiger partial charge in [0.15, 0.2) is 0 Å². The third-order valence-electron chi connectivity index (χ3n) is 1.66. The molecule has 0 unspecified atom stereocenters. The highest BCUT2D eigenvalue weighted by Gasteiger charge is 2.03. The Labute approximate surface area is 89.4 Å². The summed E-state index contributed by atoms with van der Waals surface area (Å²) in [5.41, 5.74) is 8.01. The standard InChI is InChI=1S/C8H18N6O/c1-10-7-14(2)6-8(15)11-4-3-5-12-13-9/h10H,3-7H2,1-2H3,(H,11,15). The fourth-order valence-electron chi connectivity index (χ4n) is 1.05. The van der Waals surface area contributed by atoms with Crippen LogP contribution in [0.5, 0.6) is 0 Å². The highest BCUT2D eigenvalue weighted by molar-refractivity contribution is 5.77. The summed E-state index contributed by atoms with van der Waals surface area (Å²) in [6.07, 6.45) is 0.672. The number of nitrogens with zero attached hydrogens (tertiary/aromatic N) is 4. The lowest BCUT2D eigenvalue weighted by Gasteiger charge is -2.15. The van der Waals surface area contributed by atoms with Gasteiger partial charge in [-0.25, -0.2) is 0 Å². The highest BCUT2D eigenvalue weighted by atomic mass is 16.2. The van der Waals surface area contributed by atoms with Crippen molar-refractivity contribution in [2.24, 2.45) is 5.11 Å². The molecule has 0 aromatic carbocycles.